The largest absolute Gasteiger partial charge is 0.494 e. The number of rotatable bonds is 9. The summed E-state index contributed by atoms with van der Waals surface area (Å²) in [5, 5.41) is 0. The zero-order valence-corrected chi connectivity index (χ0v) is 16.6. The van der Waals surface area contributed by atoms with Crippen LogP contribution in [-0.2, 0) is 9.53 Å². The second-order valence-corrected chi connectivity index (χ2v) is 6.47. The summed E-state index contributed by atoms with van der Waals surface area (Å²) in [5.74, 6) is 0.425. The zero-order valence-electron chi connectivity index (χ0n) is 16.6. The van der Waals surface area contributed by atoms with Crippen LogP contribution in [0.4, 0.5) is 0 Å². The molecule has 2 aromatic carbocycles. The van der Waals surface area contributed by atoms with Gasteiger partial charge in [-0.2, -0.15) is 0 Å². The van der Waals surface area contributed by atoms with E-state index < -0.39 is 11.9 Å². The van der Waals surface area contributed by atoms with E-state index in [1.54, 1.807) is 24.3 Å². The predicted octanol–water partition coefficient (Wildman–Crippen LogP) is 4.72. The third-order valence-electron chi connectivity index (χ3n) is 4.52. The van der Waals surface area contributed by atoms with E-state index in [0.29, 0.717) is 36.7 Å². The number of unbranched alkanes of at least 4 members (excludes halogenated alkanes) is 1. The van der Waals surface area contributed by atoms with E-state index in [4.69, 9.17) is 14.2 Å². The number of benzene rings is 2. The van der Waals surface area contributed by atoms with Gasteiger partial charge in [-0.15, -0.1) is 0 Å². The molecule has 0 aliphatic heterocycles. The van der Waals surface area contributed by atoms with Crippen LogP contribution < -0.4 is 9.47 Å². The second-order valence-electron chi connectivity index (χ2n) is 6.47. The van der Waals surface area contributed by atoms with Crippen LogP contribution in [0.5, 0.6) is 11.5 Å². The van der Waals surface area contributed by atoms with Gasteiger partial charge in [-0.1, -0.05) is 12.6 Å². The van der Waals surface area contributed by atoms with Gasteiger partial charge < -0.3 is 14.2 Å². The first-order valence-electron chi connectivity index (χ1n) is 9.23. The first-order valence-corrected chi connectivity index (χ1v) is 9.23. The highest BCUT2D eigenvalue weighted by atomic mass is 16.5. The number of hydrogen-bond acceptors (Lipinski definition) is 5. The molecule has 0 radical (unpaired) electrons. The van der Waals surface area contributed by atoms with E-state index in [2.05, 4.69) is 6.58 Å². The summed E-state index contributed by atoms with van der Waals surface area (Å²) in [7, 11) is 0. The molecule has 0 aliphatic carbocycles. The average molecular weight is 382 g/mol. The van der Waals surface area contributed by atoms with Gasteiger partial charge in [0.05, 0.1) is 18.8 Å². The Labute approximate surface area is 165 Å². The molecule has 0 unspecified atom stereocenters. The average Bonchev–Trinajstić information content (AvgIpc) is 2.71. The Morgan fingerprint density at radius 1 is 0.929 bits per heavy atom. The lowest BCUT2D eigenvalue weighted by molar-refractivity contribution is -0.137. The molecule has 0 saturated carbocycles. The third-order valence-corrected chi connectivity index (χ3v) is 4.52. The highest BCUT2D eigenvalue weighted by Gasteiger charge is 2.12. The Morgan fingerprint density at radius 3 is 2.29 bits per heavy atom. The molecule has 148 valence electrons. The van der Waals surface area contributed by atoms with E-state index in [-0.39, 0.29) is 0 Å². The lowest BCUT2D eigenvalue weighted by Gasteiger charge is -2.12. The zero-order chi connectivity index (χ0) is 20.5. The molecule has 0 N–H and O–H groups in total. The van der Waals surface area contributed by atoms with Crippen LogP contribution in [0.2, 0.25) is 0 Å². The van der Waals surface area contributed by atoms with Crippen molar-refractivity contribution in [3.05, 3.63) is 71.3 Å². The summed E-state index contributed by atoms with van der Waals surface area (Å²) in [6, 6.07) is 10.6. The summed E-state index contributed by atoms with van der Waals surface area (Å²) in [6.45, 7) is 10.2. The lowest BCUT2D eigenvalue weighted by atomic mass is 10.0. The maximum atomic E-state index is 12.4. The third kappa shape index (κ3) is 5.98. The van der Waals surface area contributed by atoms with Gasteiger partial charge in [-0.05, 0) is 80.6 Å². The van der Waals surface area contributed by atoms with Crippen molar-refractivity contribution in [3.8, 4) is 11.5 Å². The van der Waals surface area contributed by atoms with Crippen LogP contribution >= 0.6 is 0 Å². The molecule has 2 rings (SSSR count). The number of carbonyl (C=O) groups is 2. The van der Waals surface area contributed by atoms with E-state index in [1.807, 2.05) is 32.9 Å². The van der Waals surface area contributed by atoms with Crippen molar-refractivity contribution in [1.82, 2.24) is 0 Å². The first-order chi connectivity index (χ1) is 13.4. The molecule has 0 fully saturated rings. The van der Waals surface area contributed by atoms with E-state index >= 15 is 0 Å². The molecule has 0 atom stereocenters. The minimum absolute atomic E-state index is 0.344. The van der Waals surface area contributed by atoms with Crippen molar-refractivity contribution in [3.63, 3.8) is 0 Å². The van der Waals surface area contributed by atoms with Gasteiger partial charge in [0.2, 0.25) is 0 Å². The summed E-state index contributed by atoms with van der Waals surface area (Å²) >= 11 is 0. The normalized spacial score (nSPS) is 10.2. The fourth-order valence-corrected chi connectivity index (χ4v) is 2.51. The van der Waals surface area contributed by atoms with E-state index in [0.717, 1.165) is 29.2 Å². The molecule has 28 heavy (non-hydrogen) atoms. The summed E-state index contributed by atoms with van der Waals surface area (Å²) in [4.78, 5) is 23.3. The van der Waals surface area contributed by atoms with Crippen molar-refractivity contribution < 1.29 is 23.8 Å². The fraction of sp³-hybridized carbons (Fsp3) is 0.304. The Hall–Kier alpha value is -3.08. The van der Waals surface area contributed by atoms with Gasteiger partial charge >= 0.3 is 11.9 Å². The highest BCUT2D eigenvalue weighted by Crippen LogP contribution is 2.25. The number of aryl methyl sites for hydroxylation is 1. The lowest BCUT2D eigenvalue weighted by Crippen LogP contribution is -2.10. The van der Waals surface area contributed by atoms with Crippen molar-refractivity contribution in [2.45, 2.75) is 33.6 Å². The van der Waals surface area contributed by atoms with E-state index in [9.17, 15) is 9.59 Å². The molecule has 0 aliphatic rings. The second kappa shape index (κ2) is 10.3. The molecule has 2 aromatic rings. The molecule has 0 aromatic heterocycles. The molecule has 0 spiro atoms. The van der Waals surface area contributed by atoms with Gasteiger partial charge in [0, 0.05) is 6.08 Å². The number of esters is 2. The minimum Gasteiger partial charge on any atom is -0.494 e. The van der Waals surface area contributed by atoms with E-state index in [1.165, 1.54) is 0 Å². The molecule has 0 heterocycles. The molecular weight excluding hydrogens is 356 g/mol. The summed E-state index contributed by atoms with van der Waals surface area (Å²) < 4.78 is 16.1. The van der Waals surface area contributed by atoms with Gasteiger partial charge in [0.15, 0.2) is 0 Å². The van der Waals surface area contributed by atoms with Gasteiger partial charge in [0.1, 0.15) is 11.5 Å². The van der Waals surface area contributed by atoms with Crippen LogP contribution in [0, 0.1) is 20.8 Å². The van der Waals surface area contributed by atoms with Crippen LogP contribution in [0.3, 0.4) is 0 Å². The first kappa shape index (κ1) is 21.2. The maximum Gasteiger partial charge on any atom is 0.343 e. The van der Waals surface area contributed by atoms with Gasteiger partial charge in [0.25, 0.3) is 0 Å². The molecular formula is C23H26O5. The summed E-state index contributed by atoms with van der Waals surface area (Å²) in [6.07, 6.45) is 2.60. The minimum atomic E-state index is -0.417. The molecule has 0 bridgehead atoms. The number of ether oxygens (including phenoxy) is 3. The van der Waals surface area contributed by atoms with Gasteiger partial charge in [-0.3, -0.25) is 0 Å². The molecule has 5 heteroatoms. The Kier molecular flexibility index (Phi) is 7.81. The maximum absolute atomic E-state index is 12.4. The molecule has 0 amide bonds. The number of hydrogen-bond donors (Lipinski definition) is 0. The highest BCUT2D eigenvalue weighted by molar-refractivity contribution is 5.91. The van der Waals surface area contributed by atoms with Crippen LogP contribution in [0.1, 0.15) is 39.9 Å². The van der Waals surface area contributed by atoms with Gasteiger partial charge in [-0.25, -0.2) is 9.59 Å². The predicted molar refractivity (Wildman–Crippen MR) is 108 cm³/mol. The molecule has 0 saturated heterocycles. The van der Waals surface area contributed by atoms with Crippen LogP contribution in [0.25, 0.3) is 0 Å². The summed E-state index contributed by atoms with van der Waals surface area (Å²) in [5.41, 5.74) is 3.71. The van der Waals surface area contributed by atoms with Crippen molar-refractivity contribution in [2.75, 3.05) is 13.2 Å². The quantitative estimate of drug-likeness (QED) is 0.272. The SMILES string of the molecule is C=CC(=O)OCCCCOc1ccc(C(=O)Oc2ccc(C)c(C)c2C)cc1. The topological polar surface area (TPSA) is 61.8 Å². The molecule has 5 nitrogen and oxygen atoms in total. The Balaban J connectivity index is 1.82. The standard InChI is InChI=1S/C23H26O5/c1-5-22(24)27-15-7-6-14-26-20-11-9-19(10-12-20)23(25)28-21-13-8-16(2)17(3)18(21)4/h5,8-13H,1,6-7,14-15H2,2-4H3. The Bertz CT molecular complexity index is 837. The Morgan fingerprint density at radius 2 is 1.61 bits per heavy atom. The van der Waals surface area contributed by atoms with Crippen molar-refractivity contribution in [2.24, 2.45) is 0 Å². The van der Waals surface area contributed by atoms with Crippen molar-refractivity contribution >= 4 is 11.9 Å². The smallest absolute Gasteiger partial charge is 0.343 e. The van der Waals surface area contributed by atoms with Crippen LogP contribution in [-0.4, -0.2) is 25.2 Å². The monoisotopic (exact) mass is 382 g/mol. The number of carbonyl (C=O) groups excluding carboxylic acids is 2. The van der Waals surface area contributed by atoms with Crippen LogP contribution in [0.15, 0.2) is 49.1 Å². The van der Waals surface area contributed by atoms with Crippen molar-refractivity contribution in [1.29, 1.82) is 0 Å². The fourth-order valence-electron chi connectivity index (χ4n) is 2.51.